The van der Waals surface area contributed by atoms with Gasteiger partial charge in [0.05, 0.1) is 5.69 Å². The fraction of sp³-hybridized carbons (Fsp3) is 0.538. The lowest BCUT2D eigenvalue weighted by molar-refractivity contribution is 0.438. The Morgan fingerprint density at radius 1 is 1.47 bits per heavy atom. The second kappa shape index (κ2) is 6.55. The van der Waals surface area contributed by atoms with Crippen LogP contribution in [0.15, 0.2) is 18.3 Å². The van der Waals surface area contributed by atoms with Crippen LogP contribution in [0.4, 0.5) is 5.69 Å². The summed E-state index contributed by atoms with van der Waals surface area (Å²) in [5.41, 5.74) is 7.27. The molecule has 0 aliphatic rings. The SMILES string of the molecule is CCC(CC)C(C)Nc1cccnc1C(N)=S. The van der Waals surface area contributed by atoms with E-state index in [-0.39, 0.29) is 0 Å². The minimum atomic E-state index is 0.338. The van der Waals surface area contributed by atoms with Gasteiger partial charge in [-0.2, -0.15) is 0 Å². The lowest BCUT2D eigenvalue weighted by atomic mass is 9.95. The molecule has 1 atom stereocenters. The number of nitrogens with zero attached hydrogens (tertiary/aromatic N) is 1. The summed E-state index contributed by atoms with van der Waals surface area (Å²) in [6, 6.07) is 4.26. The zero-order valence-corrected chi connectivity index (χ0v) is 11.6. The van der Waals surface area contributed by atoms with Gasteiger partial charge in [0, 0.05) is 12.2 Å². The fourth-order valence-electron chi connectivity index (χ4n) is 2.08. The first-order valence-corrected chi connectivity index (χ1v) is 6.52. The molecule has 1 aromatic heterocycles. The summed E-state index contributed by atoms with van der Waals surface area (Å²) in [7, 11) is 0. The molecule has 3 nitrogen and oxygen atoms in total. The molecule has 0 bridgehead atoms. The van der Waals surface area contributed by atoms with Crippen molar-refractivity contribution in [1.29, 1.82) is 0 Å². The Balaban J connectivity index is 2.84. The summed E-state index contributed by atoms with van der Waals surface area (Å²) in [6.45, 7) is 6.61. The van der Waals surface area contributed by atoms with E-state index in [0.29, 0.717) is 22.6 Å². The third kappa shape index (κ3) is 3.66. The molecule has 0 saturated heterocycles. The molecule has 4 heteroatoms. The van der Waals surface area contributed by atoms with E-state index in [4.69, 9.17) is 18.0 Å². The van der Waals surface area contributed by atoms with Crippen LogP contribution < -0.4 is 11.1 Å². The van der Waals surface area contributed by atoms with Crippen LogP contribution in [0.25, 0.3) is 0 Å². The Hall–Kier alpha value is -1.16. The summed E-state index contributed by atoms with van der Waals surface area (Å²) in [5, 5.41) is 3.46. The number of hydrogen-bond acceptors (Lipinski definition) is 3. The summed E-state index contributed by atoms with van der Waals surface area (Å²) in [6.07, 6.45) is 4.03. The number of thiocarbonyl (C=S) groups is 1. The molecule has 0 spiro atoms. The molecule has 3 N–H and O–H groups in total. The van der Waals surface area contributed by atoms with Crippen molar-refractivity contribution in [2.75, 3.05) is 5.32 Å². The van der Waals surface area contributed by atoms with Crippen molar-refractivity contribution in [2.45, 2.75) is 39.7 Å². The number of aromatic nitrogens is 1. The van der Waals surface area contributed by atoms with Crippen LogP contribution >= 0.6 is 12.2 Å². The fourth-order valence-corrected chi connectivity index (χ4v) is 2.24. The van der Waals surface area contributed by atoms with Gasteiger partial charge >= 0.3 is 0 Å². The lowest BCUT2D eigenvalue weighted by Gasteiger charge is -2.24. The van der Waals surface area contributed by atoms with E-state index in [1.54, 1.807) is 6.20 Å². The summed E-state index contributed by atoms with van der Waals surface area (Å²) < 4.78 is 0. The largest absolute Gasteiger partial charge is 0.388 e. The van der Waals surface area contributed by atoms with Gasteiger partial charge in [0.15, 0.2) is 0 Å². The Bertz CT molecular complexity index is 375. The first-order chi connectivity index (χ1) is 8.10. The average molecular weight is 251 g/mol. The maximum Gasteiger partial charge on any atom is 0.124 e. The molecular formula is C13H21N3S. The third-order valence-electron chi connectivity index (χ3n) is 3.18. The Kier molecular flexibility index (Phi) is 5.35. The smallest absolute Gasteiger partial charge is 0.124 e. The highest BCUT2D eigenvalue weighted by atomic mass is 32.1. The van der Waals surface area contributed by atoms with Gasteiger partial charge in [-0.15, -0.1) is 0 Å². The molecule has 1 aromatic rings. The van der Waals surface area contributed by atoms with E-state index < -0.39 is 0 Å². The van der Waals surface area contributed by atoms with Crippen molar-refractivity contribution in [3.05, 3.63) is 24.0 Å². The quantitative estimate of drug-likeness (QED) is 0.763. The number of anilines is 1. The molecule has 0 saturated carbocycles. The van der Waals surface area contributed by atoms with Gasteiger partial charge in [-0.3, -0.25) is 4.98 Å². The predicted molar refractivity (Wildman–Crippen MR) is 77.3 cm³/mol. The molecule has 1 heterocycles. The van der Waals surface area contributed by atoms with E-state index >= 15 is 0 Å². The Morgan fingerprint density at radius 3 is 2.65 bits per heavy atom. The highest BCUT2D eigenvalue weighted by Gasteiger charge is 2.15. The first-order valence-electron chi connectivity index (χ1n) is 6.11. The molecule has 0 amide bonds. The standard InChI is InChI=1S/C13H21N3S/c1-4-10(5-2)9(3)16-11-7-6-8-15-12(11)13(14)17/h6-10,16H,4-5H2,1-3H3,(H2,14,17). The number of nitrogens with one attached hydrogen (secondary N) is 1. The van der Waals surface area contributed by atoms with E-state index in [1.165, 1.54) is 0 Å². The molecule has 1 rings (SSSR count). The van der Waals surface area contributed by atoms with E-state index in [1.807, 2.05) is 12.1 Å². The zero-order chi connectivity index (χ0) is 12.8. The van der Waals surface area contributed by atoms with Crippen molar-refractivity contribution in [1.82, 2.24) is 4.98 Å². The Morgan fingerprint density at radius 2 is 2.12 bits per heavy atom. The molecule has 1 unspecified atom stereocenters. The third-order valence-corrected chi connectivity index (χ3v) is 3.37. The van der Waals surface area contributed by atoms with Crippen LogP contribution in [0.5, 0.6) is 0 Å². The minimum absolute atomic E-state index is 0.338. The molecule has 0 fully saturated rings. The lowest BCUT2D eigenvalue weighted by Crippen LogP contribution is -2.27. The van der Waals surface area contributed by atoms with Gasteiger partial charge in [0.25, 0.3) is 0 Å². The summed E-state index contributed by atoms with van der Waals surface area (Å²) in [5.74, 6) is 0.648. The van der Waals surface area contributed by atoms with Crippen molar-refractivity contribution >= 4 is 22.9 Å². The van der Waals surface area contributed by atoms with E-state index in [0.717, 1.165) is 18.5 Å². The van der Waals surface area contributed by atoms with Gasteiger partial charge in [-0.25, -0.2) is 0 Å². The molecule has 0 aliphatic carbocycles. The number of hydrogen-bond donors (Lipinski definition) is 2. The summed E-state index contributed by atoms with van der Waals surface area (Å²) >= 11 is 5.00. The number of rotatable bonds is 6. The van der Waals surface area contributed by atoms with Gasteiger partial charge in [-0.05, 0) is 25.0 Å². The highest BCUT2D eigenvalue weighted by Crippen LogP contribution is 2.19. The van der Waals surface area contributed by atoms with Crippen LogP contribution in [0.1, 0.15) is 39.3 Å². The summed E-state index contributed by atoms with van der Waals surface area (Å²) in [4.78, 5) is 4.55. The first kappa shape index (κ1) is 13.9. The number of pyridine rings is 1. The van der Waals surface area contributed by atoms with Gasteiger partial charge in [0.2, 0.25) is 0 Å². The minimum Gasteiger partial charge on any atom is -0.388 e. The molecule has 0 radical (unpaired) electrons. The molecule has 0 aromatic carbocycles. The van der Waals surface area contributed by atoms with E-state index in [9.17, 15) is 0 Å². The van der Waals surface area contributed by atoms with Gasteiger partial charge in [-0.1, -0.05) is 38.9 Å². The second-order valence-electron chi connectivity index (χ2n) is 4.27. The maximum absolute atomic E-state index is 5.66. The number of nitrogens with two attached hydrogens (primary N) is 1. The molecular weight excluding hydrogens is 230 g/mol. The van der Waals surface area contributed by atoms with Crippen LogP contribution in [0, 0.1) is 5.92 Å². The van der Waals surface area contributed by atoms with Crippen molar-refractivity contribution in [3.63, 3.8) is 0 Å². The maximum atomic E-state index is 5.66. The van der Waals surface area contributed by atoms with Gasteiger partial charge < -0.3 is 11.1 Å². The predicted octanol–water partition coefficient (Wildman–Crippen LogP) is 2.95. The normalized spacial score (nSPS) is 12.5. The van der Waals surface area contributed by atoms with Crippen LogP contribution in [-0.2, 0) is 0 Å². The monoisotopic (exact) mass is 251 g/mol. The van der Waals surface area contributed by atoms with Crippen molar-refractivity contribution in [3.8, 4) is 0 Å². The van der Waals surface area contributed by atoms with Crippen LogP contribution in [0.2, 0.25) is 0 Å². The van der Waals surface area contributed by atoms with E-state index in [2.05, 4.69) is 31.1 Å². The van der Waals surface area contributed by atoms with Crippen LogP contribution in [-0.4, -0.2) is 16.0 Å². The molecule has 17 heavy (non-hydrogen) atoms. The average Bonchev–Trinajstić information content (AvgIpc) is 2.31. The van der Waals surface area contributed by atoms with Gasteiger partial charge in [0.1, 0.15) is 10.7 Å². The van der Waals surface area contributed by atoms with Crippen LogP contribution in [0.3, 0.4) is 0 Å². The highest BCUT2D eigenvalue weighted by molar-refractivity contribution is 7.80. The second-order valence-corrected chi connectivity index (χ2v) is 4.71. The Labute approximate surface area is 109 Å². The van der Waals surface area contributed by atoms with Crippen molar-refractivity contribution in [2.24, 2.45) is 11.7 Å². The topological polar surface area (TPSA) is 50.9 Å². The van der Waals surface area contributed by atoms with Crippen molar-refractivity contribution < 1.29 is 0 Å². The molecule has 0 aliphatic heterocycles. The molecule has 94 valence electrons. The zero-order valence-electron chi connectivity index (χ0n) is 10.7.